The van der Waals surface area contributed by atoms with Crippen molar-refractivity contribution in [2.75, 3.05) is 37.7 Å². The molecule has 50 heavy (non-hydrogen) atoms. The van der Waals surface area contributed by atoms with E-state index in [1.165, 1.54) is 17.9 Å². The zero-order chi connectivity index (χ0) is 37.2. The number of hydrogen-bond acceptors (Lipinski definition) is 7. The lowest BCUT2D eigenvalue weighted by atomic mass is 9.94. The maximum absolute atomic E-state index is 14.3. The standard InChI is InChI=1S/C33H40F9N6O2/c1-6-48(7-2)44-30(43-45-48)47(19-22-15-23(31(34,35)36)17-24(16-22)32(37,38)39)27-10-9-12-46(13-11-20(4)29(49)50-8-3)28-18-26(33(40,41)42)21(5)14-25(27)28/h14-18,20,27H,6-13,19H2,1-5H3/q+1/t20-,27?/m0/s1. The second-order valence-electron chi connectivity index (χ2n) is 12.5. The summed E-state index contributed by atoms with van der Waals surface area (Å²) in [7, 11) is 0. The summed E-state index contributed by atoms with van der Waals surface area (Å²) < 4.78 is 131. The van der Waals surface area contributed by atoms with Crippen LogP contribution in [0.2, 0.25) is 0 Å². The summed E-state index contributed by atoms with van der Waals surface area (Å²) in [6.07, 6.45) is -14.1. The van der Waals surface area contributed by atoms with Gasteiger partial charge in [0.15, 0.2) is 0 Å². The Hall–Kier alpha value is -3.89. The molecule has 0 spiro atoms. The highest BCUT2D eigenvalue weighted by Crippen LogP contribution is 2.44. The molecule has 4 rings (SSSR count). The largest absolute Gasteiger partial charge is 0.466 e. The summed E-state index contributed by atoms with van der Waals surface area (Å²) in [6, 6.07) is 2.76. The van der Waals surface area contributed by atoms with Crippen LogP contribution < -0.4 is 4.90 Å². The molecular weight excluding hydrogens is 683 g/mol. The van der Waals surface area contributed by atoms with Crippen molar-refractivity contribution in [3.63, 3.8) is 0 Å². The fourth-order valence-corrected chi connectivity index (χ4v) is 6.19. The van der Waals surface area contributed by atoms with Crippen molar-refractivity contribution in [3.05, 3.63) is 63.7 Å². The number of aryl methyl sites for hydroxylation is 1. The van der Waals surface area contributed by atoms with Crippen molar-refractivity contribution in [2.45, 2.75) is 85.0 Å². The number of ether oxygens (including phenoxy) is 1. The van der Waals surface area contributed by atoms with Gasteiger partial charge in [-0.2, -0.15) is 39.5 Å². The number of alkyl halides is 9. The third-order valence-electron chi connectivity index (χ3n) is 9.03. The topological polar surface area (TPSA) is 69.9 Å². The summed E-state index contributed by atoms with van der Waals surface area (Å²) >= 11 is 0. The van der Waals surface area contributed by atoms with Crippen LogP contribution in [0.15, 0.2) is 45.8 Å². The number of esters is 1. The summed E-state index contributed by atoms with van der Waals surface area (Å²) in [5.74, 6) is -1.09. The molecule has 0 amide bonds. The fourth-order valence-electron chi connectivity index (χ4n) is 6.19. The minimum atomic E-state index is -5.09. The first-order chi connectivity index (χ1) is 23.2. The average Bonchev–Trinajstić information content (AvgIpc) is 3.39. The highest BCUT2D eigenvalue weighted by Gasteiger charge is 2.41. The van der Waals surface area contributed by atoms with Crippen molar-refractivity contribution < 1.29 is 53.7 Å². The number of hydrogen-bond donors (Lipinski definition) is 0. The van der Waals surface area contributed by atoms with Crippen LogP contribution in [-0.2, 0) is 34.6 Å². The van der Waals surface area contributed by atoms with Crippen molar-refractivity contribution >= 4 is 17.6 Å². The quantitative estimate of drug-likeness (QED) is 0.139. The van der Waals surface area contributed by atoms with Crippen LogP contribution in [0, 0.1) is 12.8 Å². The van der Waals surface area contributed by atoms with Crippen LogP contribution in [-0.4, -0.2) is 54.3 Å². The van der Waals surface area contributed by atoms with Gasteiger partial charge in [-0.15, -0.1) is 0 Å². The van der Waals surface area contributed by atoms with Gasteiger partial charge in [0.1, 0.15) is 13.1 Å². The fraction of sp³-hybridized carbons (Fsp3) is 0.576. The molecule has 2 aliphatic heterocycles. The van der Waals surface area contributed by atoms with E-state index in [-0.39, 0.29) is 66.1 Å². The molecule has 2 aromatic rings. The normalized spacial score (nSPS) is 18.4. The van der Waals surface area contributed by atoms with E-state index in [0.29, 0.717) is 37.2 Å². The van der Waals surface area contributed by atoms with E-state index in [1.54, 1.807) is 32.6 Å². The number of quaternary nitrogens is 1. The van der Waals surface area contributed by atoms with Crippen LogP contribution in [0.4, 0.5) is 45.2 Å². The highest BCUT2D eigenvalue weighted by molar-refractivity contribution is 5.81. The molecule has 0 N–H and O–H groups in total. The number of nitrogens with zero attached hydrogens (tertiary/aromatic N) is 6. The minimum absolute atomic E-state index is 0.0366. The molecule has 1 unspecified atom stereocenters. The van der Waals surface area contributed by atoms with Crippen molar-refractivity contribution in [2.24, 2.45) is 21.4 Å². The summed E-state index contributed by atoms with van der Waals surface area (Å²) in [5.41, 5.74) is -3.84. The Bertz CT molecular complexity index is 1570. The Kier molecular flexibility index (Phi) is 11.5. The molecule has 8 nitrogen and oxygen atoms in total. The van der Waals surface area contributed by atoms with Crippen LogP contribution in [0.25, 0.3) is 0 Å². The van der Waals surface area contributed by atoms with Crippen molar-refractivity contribution in [1.82, 2.24) is 4.90 Å². The molecule has 17 heteroatoms. The molecule has 2 heterocycles. The zero-order valence-electron chi connectivity index (χ0n) is 28.3. The molecule has 0 radical (unpaired) electrons. The van der Waals surface area contributed by atoms with Gasteiger partial charge in [-0.3, -0.25) is 4.79 Å². The van der Waals surface area contributed by atoms with E-state index in [9.17, 15) is 44.3 Å². The Morgan fingerprint density at radius 1 is 0.960 bits per heavy atom. The summed E-state index contributed by atoms with van der Waals surface area (Å²) in [4.78, 5) is 15.5. The molecule has 0 saturated carbocycles. The molecule has 0 saturated heterocycles. The first-order valence-corrected chi connectivity index (χ1v) is 16.3. The Labute approximate surface area is 284 Å². The first-order valence-electron chi connectivity index (χ1n) is 16.3. The van der Waals surface area contributed by atoms with Gasteiger partial charge in [0.05, 0.1) is 40.5 Å². The third kappa shape index (κ3) is 8.69. The predicted octanol–water partition coefficient (Wildman–Crippen LogP) is 9.29. The molecule has 2 aliphatic rings. The van der Waals surface area contributed by atoms with E-state index < -0.39 is 59.7 Å². The first kappa shape index (κ1) is 38.9. The van der Waals surface area contributed by atoms with Gasteiger partial charge in [0, 0.05) is 25.3 Å². The van der Waals surface area contributed by atoms with Gasteiger partial charge in [-0.1, -0.05) is 22.8 Å². The van der Waals surface area contributed by atoms with Crippen LogP contribution in [0.3, 0.4) is 0 Å². The molecule has 0 aliphatic carbocycles. The second kappa shape index (κ2) is 14.8. The molecule has 0 bridgehead atoms. The van der Waals surface area contributed by atoms with Crippen LogP contribution in [0.5, 0.6) is 0 Å². The SMILES string of the molecule is CCOC(=O)[C@@H](C)CCN1CCCC(N(Cc2cc(C(F)(F)F)cc(C(F)(F)F)c2)C2=N[N+](CC)(CC)N=N2)c2cc(C)c(C(F)(F)F)cc21. The van der Waals surface area contributed by atoms with Crippen LogP contribution in [0.1, 0.15) is 86.4 Å². The van der Waals surface area contributed by atoms with Crippen molar-refractivity contribution in [1.29, 1.82) is 0 Å². The Morgan fingerprint density at radius 2 is 1.58 bits per heavy atom. The smallest absolute Gasteiger partial charge is 0.416 e. The number of rotatable bonds is 10. The number of anilines is 1. The third-order valence-corrected chi connectivity index (χ3v) is 9.03. The number of guanidine groups is 1. The van der Waals surface area contributed by atoms with Gasteiger partial charge in [-0.25, -0.2) is 0 Å². The number of fused-ring (bicyclic) bond motifs is 1. The maximum atomic E-state index is 14.3. The molecule has 2 atom stereocenters. The van der Waals surface area contributed by atoms with E-state index in [4.69, 9.17) is 4.74 Å². The molecule has 0 aromatic heterocycles. The average molecular weight is 724 g/mol. The van der Waals surface area contributed by atoms with Gasteiger partial charge < -0.3 is 14.5 Å². The number of halogens is 9. The molecule has 276 valence electrons. The Morgan fingerprint density at radius 3 is 2.10 bits per heavy atom. The van der Waals surface area contributed by atoms with E-state index in [0.717, 1.165) is 6.07 Å². The lowest BCUT2D eigenvalue weighted by molar-refractivity contribution is -0.938. The van der Waals surface area contributed by atoms with Gasteiger partial charge >= 0.3 is 30.5 Å². The predicted molar refractivity (Wildman–Crippen MR) is 166 cm³/mol. The lowest BCUT2D eigenvalue weighted by Gasteiger charge is -2.33. The van der Waals surface area contributed by atoms with Gasteiger partial charge in [-0.05, 0) is 93.0 Å². The number of carbonyl (C=O) groups excluding carboxylic acids is 1. The zero-order valence-corrected chi connectivity index (χ0v) is 28.3. The monoisotopic (exact) mass is 723 g/mol. The second-order valence-corrected chi connectivity index (χ2v) is 12.5. The van der Waals surface area contributed by atoms with Gasteiger partial charge in [0.2, 0.25) is 0 Å². The number of carbonyl (C=O) groups is 1. The summed E-state index contributed by atoms with van der Waals surface area (Å²) in [6.45, 7) is 8.87. The Balaban J connectivity index is 1.90. The van der Waals surface area contributed by atoms with Gasteiger partial charge in [0.25, 0.3) is 0 Å². The van der Waals surface area contributed by atoms with Crippen molar-refractivity contribution in [3.8, 4) is 0 Å². The molecule has 2 aromatic carbocycles. The number of benzene rings is 2. The minimum Gasteiger partial charge on any atom is -0.466 e. The lowest BCUT2D eigenvalue weighted by Crippen LogP contribution is -2.38. The summed E-state index contributed by atoms with van der Waals surface area (Å²) in [5, 5.41) is 13.1. The van der Waals surface area contributed by atoms with E-state index >= 15 is 0 Å². The van der Waals surface area contributed by atoms with Crippen LogP contribution >= 0.6 is 0 Å². The molecular formula is C33H40F9N6O2+. The van der Waals surface area contributed by atoms with E-state index in [2.05, 4.69) is 15.4 Å². The molecule has 0 fully saturated rings. The maximum Gasteiger partial charge on any atom is 0.416 e. The van der Waals surface area contributed by atoms with E-state index in [1.807, 2.05) is 0 Å². The highest BCUT2D eigenvalue weighted by atomic mass is 19.4.